The van der Waals surface area contributed by atoms with Gasteiger partial charge < -0.3 is 4.57 Å². The molecule has 1 aliphatic carbocycles. The average molecular weight is 661 g/mol. The van der Waals surface area contributed by atoms with E-state index in [1.807, 2.05) is 12.4 Å². The summed E-state index contributed by atoms with van der Waals surface area (Å²) >= 11 is 0. The maximum Gasteiger partial charge on any atom is 0.138 e. The molecule has 4 heterocycles. The highest BCUT2D eigenvalue weighted by Gasteiger charge is 2.24. The number of pyridine rings is 2. The maximum absolute atomic E-state index is 5.30. The summed E-state index contributed by atoms with van der Waals surface area (Å²) in [4.78, 5) is 9.79. The third-order valence-electron chi connectivity index (χ3n) is 11.1. The summed E-state index contributed by atoms with van der Waals surface area (Å²) in [6.45, 7) is 0. The fraction of sp³-hybridized carbons (Fsp3) is 0. The number of fused-ring (bicyclic) bond motifs is 11. The van der Waals surface area contributed by atoms with Crippen LogP contribution < -0.4 is 0 Å². The zero-order valence-electron chi connectivity index (χ0n) is 28.0. The maximum atomic E-state index is 5.30. The fourth-order valence-electron chi connectivity index (χ4n) is 8.89. The van der Waals surface area contributed by atoms with Gasteiger partial charge in [0.05, 0.1) is 27.6 Å². The van der Waals surface area contributed by atoms with E-state index in [9.17, 15) is 0 Å². The smallest absolute Gasteiger partial charge is 0.138 e. The summed E-state index contributed by atoms with van der Waals surface area (Å²) in [6.07, 6.45) is 3.87. The topological polar surface area (TPSA) is 35.6 Å². The third-order valence-corrected chi connectivity index (χ3v) is 11.1. The molecule has 240 valence electrons. The third kappa shape index (κ3) is 3.70. The lowest BCUT2D eigenvalue weighted by Crippen LogP contribution is -1.98. The van der Waals surface area contributed by atoms with Crippen LogP contribution in [-0.4, -0.2) is 19.1 Å². The summed E-state index contributed by atoms with van der Waals surface area (Å²) in [5, 5.41) is 8.68. The van der Waals surface area contributed by atoms with Crippen LogP contribution in [0, 0.1) is 0 Å². The van der Waals surface area contributed by atoms with Crippen molar-refractivity contribution in [3.63, 3.8) is 0 Å². The summed E-state index contributed by atoms with van der Waals surface area (Å²) in [5.41, 5.74) is 14.0. The minimum atomic E-state index is 0.914. The lowest BCUT2D eigenvalue weighted by atomic mass is 9.99. The first-order chi connectivity index (χ1) is 25.8. The SMILES string of the molecule is c1ccc(-n2c3ccc(-c4ccc5c(c4)c4ccccc4n5-c4cc5c6c(cccc6n4)-c4ccncc4-5)cc3c3c4ccccc4ccc32)cc1. The molecule has 11 aromatic rings. The lowest BCUT2D eigenvalue weighted by Gasteiger charge is -2.11. The molecule has 0 saturated heterocycles. The van der Waals surface area contributed by atoms with E-state index in [-0.39, 0.29) is 0 Å². The predicted molar refractivity (Wildman–Crippen MR) is 216 cm³/mol. The Morgan fingerprint density at radius 1 is 0.404 bits per heavy atom. The molecule has 0 unspecified atom stereocenters. The molecule has 4 aromatic heterocycles. The van der Waals surface area contributed by atoms with E-state index in [1.165, 1.54) is 76.6 Å². The molecule has 52 heavy (non-hydrogen) atoms. The molecule has 12 rings (SSSR count). The van der Waals surface area contributed by atoms with Crippen molar-refractivity contribution in [1.82, 2.24) is 19.1 Å². The first kappa shape index (κ1) is 27.7. The summed E-state index contributed by atoms with van der Waals surface area (Å²) in [7, 11) is 0. The normalized spacial score (nSPS) is 12.2. The molecule has 4 heteroatoms. The van der Waals surface area contributed by atoms with Crippen LogP contribution in [-0.2, 0) is 0 Å². The van der Waals surface area contributed by atoms with Gasteiger partial charge in [0, 0.05) is 50.6 Å². The Balaban J connectivity index is 1.09. The summed E-state index contributed by atoms with van der Waals surface area (Å²) < 4.78 is 4.73. The Bertz CT molecular complexity index is 3290. The van der Waals surface area contributed by atoms with Crippen LogP contribution in [0.15, 0.2) is 170 Å². The standard InChI is InChI=1S/C48H28N4/c1-2-10-32(11-3-1)51-44-21-19-31(26-39(44)48-33-12-5-4-9-29(33)17-22-45(48)51)30-18-20-43-37(25-30)35-13-6-7-16-42(35)52(43)46-27-38-40-28-49-24-23-34(40)36-14-8-15-41(50-46)47(36)38/h1-28H. The second-order valence-electron chi connectivity index (χ2n) is 13.8. The molecule has 0 atom stereocenters. The van der Waals surface area contributed by atoms with Crippen molar-refractivity contribution in [1.29, 1.82) is 0 Å². The highest BCUT2D eigenvalue weighted by atomic mass is 15.1. The van der Waals surface area contributed by atoms with Crippen molar-refractivity contribution in [2.75, 3.05) is 0 Å². The molecule has 4 nitrogen and oxygen atoms in total. The first-order valence-electron chi connectivity index (χ1n) is 17.7. The largest absolute Gasteiger partial charge is 0.309 e. The van der Waals surface area contributed by atoms with Gasteiger partial charge in [-0.15, -0.1) is 0 Å². The molecule has 0 spiro atoms. The van der Waals surface area contributed by atoms with E-state index in [1.54, 1.807) is 0 Å². The Labute approximate surface area is 298 Å². The number of para-hydroxylation sites is 2. The number of benzene rings is 7. The van der Waals surface area contributed by atoms with Crippen LogP contribution in [0.1, 0.15) is 0 Å². The van der Waals surface area contributed by atoms with Gasteiger partial charge >= 0.3 is 0 Å². The number of nitrogens with zero attached hydrogens (tertiary/aromatic N) is 4. The second kappa shape index (κ2) is 10.3. The van der Waals surface area contributed by atoms with Gasteiger partial charge in [-0.05, 0) is 105 Å². The summed E-state index contributed by atoms with van der Waals surface area (Å²) in [5.74, 6) is 0.914. The van der Waals surface area contributed by atoms with Gasteiger partial charge in [0.15, 0.2) is 0 Å². The van der Waals surface area contributed by atoms with Crippen LogP contribution in [0.3, 0.4) is 0 Å². The van der Waals surface area contributed by atoms with Gasteiger partial charge in [-0.25, -0.2) is 4.98 Å². The quantitative estimate of drug-likeness (QED) is 0.189. The van der Waals surface area contributed by atoms with Crippen LogP contribution in [0.4, 0.5) is 0 Å². The Kier molecular flexibility index (Phi) is 5.47. The predicted octanol–water partition coefficient (Wildman–Crippen LogP) is 12.3. The molecule has 0 bridgehead atoms. The van der Waals surface area contributed by atoms with E-state index < -0.39 is 0 Å². The van der Waals surface area contributed by atoms with Crippen molar-refractivity contribution < 1.29 is 0 Å². The number of hydrogen-bond acceptors (Lipinski definition) is 2. The first-order valence-corrected chi connectivity index (χ1v) is 17.7. The van der Waals surface area contributed by atoms with E-state index in [4.69, 9.17) is 4.98 Å². The van der Waals surface area contributed by atoms with Gasteiger partial charge in [0.25, 0.3) is 0 Å². The number of hydrogen-bond donors (Lipinski definition) is 0. The van der Waals surface area contributed by atoms with Gasteiger partial charge in [-0.3, -0.25) is 9.55 Å². The molecule has 0 amide bonds. The van der Waals surface area contributed by atoms with Gasteiger partial charge in [-0.2, -0.15) is 0 Å². The van der Waals surface area contributed by atoms with Gasteiger partial charge in [0.1, 0.15) is 5.82 Å². The van der Waals surface area contributed by atoms with Gasteiger partial charge in [-0.1, -0.05) is 91.0 Å². The monoisotopic (exact) mass is 660 g/mol. The molecule has 0 N–H and O–H groups in total. The highest BCUT2D eigenvalue weighted by Crippen LogP contribution is 2.47. The van der Waals surface area contributed by atoms with Crippen LogP contribution in [0.2, 0.25) is 0 Å². The van der Waals surface area contributed by atoms with Crippen molar-refractivity contribution in [3.05, 3.63) is 170 Å². The van der Waals surface area contributed by atoms with E-state index in [2.05, 4.69) is 172 Å². The number of aromatic nitrogens is 4. The van der Waals surface area contributed by atoms with E-state index in [0.29, 0.717) is 0 Å². The van der Waals surface area contributed by atoms with Gasteiger partial charge in [0.2, 0.25) is 0 Å². The Hall–Kier alpha value is -7.04. The van der Waals surface area contributed by atoms with Crippen LogP contribution in [0.25, 0.3) is 110 Å². The van der Waals surface area contributed by atoms with E-state index >= 15 is 0 Å². The molecular weight excluding hydrogens is 633 g/mol. The van der Waals surface area contributed by atoms with Crippen LogP contribution >= 0.6 is 0 Å². The van der Waals surface area contributed by atoms with Crippen molar-refractivity contribution in [2.24, 2.45) is 0 Å². The molecule has 1 aliphatic rings. The Morgan fingerprint density at radius 3 is 2.02 bits per heavy atom. The van der Waals surface area contributed by atoms with E-state index in [0.717, 1.165) is 33.6 Å². The molecule has 0 saturated carbocycles. The minimum absolute atomic E-state index is 0.914. The van der Waals surface area contributed by atoms with Crippen molar-refractivity contribution >= 4 is 65.3 Å². The molecule has 0 aliphatic heterocycles. The fourth-order valence-corrected chi connectivity index (χ4v) is 8.89. The minimum Gasteiger partial charge on any atom is -0.309 e. The highest BCUT2D eigenvalue weighted by molar-refractivity contribution is 6.22. The lowest BCUT2D eigenvalue weighted by molar-refractivity contribution is 1.10. The molecule has 0 radical (unpaired) electrons. The number of rotatable bonds is 3. The zero-order valence-corrected chi connectivity index (χ0v) is 28.0. The van der Waals surface area contributed by atoms with Crippen molar-refractivity contribution in [3.8, 4) is 44.9 Å². The zero-order chi connectivity index (χ0) is 33.9. The van der Waals surface area contributed by atoms with Crippen molar-refractivity contribution in [2.45, 2.75) is 0 Å². The molecule has 7 aromatic carbocycles. The molecular formula is C48H28N4. The Morgan fingerprint density at radius 2 is 1.13 bits per heavy atom. The summed E-state index contributed by atoms with van der Waals surface area (Å²) in [6, 6.07) is 57.3. The second-order valence-corrected chi connectivity index (χ2v) is 13.8. The molecule has 0 fully saturated rings. The average Bonchev–Trinajstić information content (AvgIpc) is 3.84. The van der Waals surface area contributed by atoms with Crippen LogP contribution in [0.5, 0.6) is 0 Å².